The molecule has 4 rings (SSSR count). The van der Waals surface area contributed by atoms with Crippen molar-refractivity contribution in [3.63, 3.8) is 0 Å². The summed E-state index contributed by atoms with van der Waals surface area (Å²) < 4.78 is 13.1. The molecule has 3 N–H and O–H groups in total. The highest BCUT2D eigenvalue weighted by molar-refractivity contribution is 8.93. The van der Waals surface area contributed by atoms with Crippen LogP contribution in [-0.4, -0.2) is 25.3 Å². The molecule has 2 aromatic heterocycles. The first-order valence-electron chi connectivity index (χ1n) is 8.09. The molecule has 0 spiro atoms. The average Bonchev–Trinajstić information content (AvgIpc) is 3.06. The number of halogens is 2. The normalized spacial score (nSPS) is 11.8. The maximum atomic E-state index is 13.1. The zero-order valence-corrected chi connectivity index (χ0v) is 16.1. The molecule has 6 nitrogen and oxygen atoms in total. The highest BCUT2D eigenvalue weighted by Crippen LogP contribution is 2.27. The van der Waals surface area contributed by atoms with Crippen molar-refractivity contribution in [2.24, 2.45) is 0 Å². The molecular weight excluding hydrogens is 413 g/mol. The minimum Gasteiger partial charge on any atom is -0.380 e. The Morgan fingerprint density at radius 1 is 1.07 bits per heavy atom. The maximum Gasteiger partial charge on any atom is 0.164 e. The Labute approximate surface area is 165 Å². The number of aryl methyl sites for hydroxylation is 1. The minimum atomic E-state index is -1.07. The number of H-pyrrole nitrogens is 1. The first-order chi connectivity index (χ1) is 12.6. The van der Waals surface area contributed by atoms with Gasteiger partial charge in [-0.2, -0.15) is 5.10 Å². The van der Waals surface area contributed by atoms with E-state index < -0.39 is 6.10 Å². The summed E-state index contributed by atoms with van der Waals surface area (Å²) in [7, 11) is 0. The van der Waals surface area contributed by atoms with Gasteiger partial charge in [0.15, 0.2) is 11.6 Å². The second-order valence-electron chi connectivity index (χ2n) is 5.96. The Bertz CT molecular complexity index is 1070. The van der Waals surface area contributed by atoms with Gasteiger partial charge >= 0.3 is 0 Å². The van der Waals surface area contributed by atoms with Crippen LogP contribution in [0.4, 0.5) is 16.0 Å². The topological polar surface area (TPSA) is 86.7 Å². The summed E-state index contributed by atoms with van der Waals surface area (Å²) in [5.41, 5.74) is 2.12. The molecule has 4 aromatic rings. The van der Waals surface area contributed by atoms with Gasteiger partial charge in [0.05, 0.1) is 5.52 Å². The summed E-state index contributed by atoms with van der Waals surface area (Å²) in [6, 6.07) is 15.0. The highest BCUT2D eigenvalue weighted by atomic mass is 79.9. The second kappa shape index (κ2) is 7.81. The molecule has 0 saturated carbocycles. The third-order valence-electron chi connectivity index (χ3n) is 4.00. The molecule has 0 amide bonds. The van der Waals surface area contributed by atoms with Crippen LogP contribution in [-0.2, 0) is 0 Å². The van der Waals surface area contributed by atoms with Crippen LogP contribution in [0.5, 0.6) is 0 Å². The van der Waals surface area contributed by atoms with Crippen LogP contribution in [0.1, 0.15) is 23.2 Å². The molecule has 0 bridgehead atoms. The van der Waals surface area contributed by atoms with Crippen molar-refractivity contribution in [3.05, 3.63) is 77.5 Å². The number of aliphatic hydroxyl groups is 1. The minimum absolute atomic E-state index is 0. The van der Waals surface area contributed by atoms with Crippen molar-refractivity contribution < 1.29 is 9.50 Å². The lowest BCUT2D eigenvalue weighted by Gasteiger charge is -2.13. The number of hydrogen-bond acceptors (Lipinski definition) is 5. The van der Waals surface area contributed by atoms with E-state index in [0.29, 0.717) is 22.7 Å². The molecule has 0 aliphatic heterocycles. The van der Waals surface area contributed by atoms with E-state index in [1.807, 2.05) is 37.3 Å². The smallest absolute Gasteiger partial charge is 0.164 e. The van der Waals surface area contributed by atoms with Crippen LogP contribution in [0.2, 0.25) is 0 Å². The van der Waals surface area contributed by atoms with E-state index >= 15 is 0 Å². The fraction of sp³-hybridized carbons (Fsp3) is 0.105. The predicted molar refractivity (Wildman–Crippen MR) is 107 cm³/mol. The van der Waals surface area contributed by atoms with Gasteiger partial charge in [-0.25, -0.2) is 14.4 Å². The molecule has 0 aliphatic carbocycles. The van der Waals surface area contributed by atoms with Crippen molar-refractivity contribution in [3.8, 4) is 0 Å². The third kappa shape index (κ3) is 3.96. The van der Waals surface area contributed by atoms with E-state index in [-0.39, 0.29) is 28.6 Å². The summed E-state index contributed by atoms with van der Waals surface area (Å²) in [5, 5.41) is 21.6. The second-order valence-corrected chi connectivity index (χ2v) is 5.96. The van der Waals surface area contributed by atoms with Crippen LogP contribution in [0.3, 0.4) is 0 Å². The SMILES string of the molecule is Br.Cc1cc(Nc2nc([C@H](O)c3ccc(F)cc3)nc3ccccc23)n[nH]1. The zero-order valence-electron chi connectivity index (χ0n) is 14.3. The van der Waals surface area contributed by atoms with E-state index in [1.165, 1.54) is 24.3 Å². The number of para-hydroxylation sites is 1. The number of benzene rings is 2. The van der Waals surface area contributed by atoms with Gasteiger partial charge in [-0.3, -0.25) is 5.10 Å². The van der Waals surface area contributed by atoms with E-state index in [1.54, 1.807) is 0 Å². The van der Waals surface area contributed by atoms with Crippen LogP contribution >= 0.6 is 17.0 Å². The molecule has 0 saturated heterocycles. The monoisotopic (exact) mass is 429 g/mol. The number of rotatable bonds is 4. The van der Waals surface area contributed by atoms with Gasteiger partial charge in [-0.15, -0.1) is 17.0 Å². The Kier molecular flexibility index (Phi) is 5.48. The lowest BCUT2D eigenvalue weighted by molar-refractivity contribution is 0.210. The van der Waals surface area contributed by atoms with Gasteiger partial charge in [0, 0.05) is 17.1 Å². The summed E-state index contributed by atoms with van der Waals surface area (Å²) in [5.74, 6) is 1.02. The number of nitrogens with zero attached hydrogens (tertiary/aromatic N) is 3. The van der Waals surface area contributed by atoms with Gasteiger partial charge in [-0.05, 0) is 36.8 Å². The van der Waals surface area contributed by atoms with Crippen LogP contribution in [0.25, 0.3) is 10.9 Å². The van der Waals surface area contributed by atoms with Gasteiger partial charge in [-0.1, -0.05) is 24.3 Å². The van der Waals surface area contributed by atoms with Crippen LogP contribution in [0.15, 0.2) is 54.6 Å². The summed E-state index contributed by atoms with van der Waals surface area (Å²) in [6.07, 6.45) is -1.07. The molecule has 0 aliphatic rings. The van der Waals surface area contributed by atoms with Crippen molar-refractivity contribution in [1.82, 2.24) is 20.2 Å². The quantitative estimate of drug-likeness (QED) is 0.452. The zero-order chi connectivity index (χ0) is 18.1. The molecule has 0 unspecified atom stereocenters. The standard InChI is InChI=1S/C19H16FN5O.BrH/c1-11-10-16(25-24-11)22-18-14-4-2-3-5-15(14)21-19(23-18)17(26)12-6-8-13(20)9-7-12;/h2-10,17,26H,1H3,(H2,21,22,23,24,25);1H/t17-;/m1./s1. The fourth-order valence-electron chi connectivity index (χ4n) is 2.71. The molecule has 0 radical (unpaired) electrons. The number of nitrogens with one attached hydrogen (secondary N) is 2. The first kappa shape index (κ1) is 18.9. The van der Waals surface area contributed by atoms with E-state index in [9.17, 15) is 9.50 Å². The Hall–Kier alpha value is -2.84. The fourth-order valence-corrected chi connectivity index (χ4v) is 2.71. The van der Waals surface area contributed by atoms with Crippen molar-refractivity contribution in [2.75, 3.05) is 5.32 Å². The molecule has 2 aromatic carbocycles. The summed E-state index contributed by atoms with van der Waals surface area (Å²) in [6.45, 7) is 1.90. The van der Waals surface area contributed by atoms with Gasteiger partial charge < -0.3 is 10.4 Å². The highest BCUT2D eigenvalue weighted by Gasteiger charge is 2.17. The lowest BCUT2D eigenvalue weighted by Crippen LogP contribution is -2.08. The van der Waals surface area contributed by atoms with Crippen LogP contribution < -0.4 is 5.32 Å². The number of hydrogen-bond donors (Lipinski definition) is 3. The number of anilines is 2. The van der Waals surface area contributed by atoms with Crippen molar-refractivity contribution in [1.29, 1.82) is 0 Å². The number of aromatic nitrogens is 4. The number of aromatic amines is 1. The number of fused-ring (bicyclic) bond motifs is 1. The van der Waals surface area contributed by atoms with Gasteiger partial charge in [0.1, 0.15) is 17.7 Å². The van der Waals surface area contributed by atoms with E-state index in [2.05, 4.69) is 25.5 Å². The summed E-state index contributed by atoms with van der Waals surface area (Å²) >= 11 is 0. The lowest BCUT2D eigenvalue weighted by atomic mass is 10.1. The van der Waals surface area contributed by atoms with Crippen molar-refractivity contribution >= 4 is 39.5 Å². The Morgan fingerprint density at radius 2 is 1.81 bits per heavy atom. The molecular formula is C19H17BrFN5O. The average molecular weight is 430 g/mol. The molecule has 1 atom stereocenters. The van der Waals surface area contributed by atoms with Crippen LogP contribution in [0, 0.1) is 12.7 Å². The van der Waals surface area contributed by atoms with Gasteiger partial charge in [0.2, 0.25) is 0 Å². The first-order valence-corrected chi connectivity index (χ1v) is 8.09. The predicted octanol–water partition coefficient (Wildman–Crippen LogP) is 4.20. The van der Waals surface area contributed by atoms with E-state index in [4.69, 9.17) is 0 Å². The molecule has 2 heterocycles. The molecule has 0 fully saturated rings. The Morgan fingerprint density at radius 3 is 2.52 bits per heavy atom. The van der Waals surface area contributed by atoms with Crippen molar-refractivity contribution in [2.45, 2.75) is 13.0 Å². The molecule has 8 heteroatoms. The maximum absolute atomic E-state index is 13.1. The van der Waals surface area contributed by atoms with Gasteiger partial charge in [0.25, 0.3) is 0 Å². The summed E-state index contributed by atoms with van der Waals surface area (Å²) in [4.78, 5) is 8.94. The molecule has 27 heavy (non-hydrogen) atoms. The largest absolute Gasteiger partial charge is 0.380 e. The van der Waals surface area contributed by atoms with E-state index in [0.717, 1.165) is 11.1 Å². The number of aliphatic hydroxyl groups excluding tert-OH is 1. The molecule has 138 valence electrons. The Balaban J connectivity index is 0.00000210. The third-order valence-corrected chi connectivity index (χ3v) is 4.00.